The third-order valence-electron chi connectivity index (χ3n) is 8.69. The first-order valence-electron chi connectivity index (χ1n) is 17.8. The molecule has 20 heteroatoms. The number of rotatable bonds is 8. The summed E-state index contributed by atoms with van der Waals surface area (Å²) in [4.78, 5) is 53.5. The lowest BCUT2D eigenvalue weighted by molar-refractivity contribution is 0.0584. The number of ether oxygens (including phenoxy) is 4. The fourth-order valence-corrected chi connectivity index (χ4v) is 6.43. The van der Waals surface area contributed by atoms with Crippen LogP contribution in [0.2, 0.25) is 5.15 Å². The highest BCUT2D eigenvalue weighted by Gasteiger charge is 2.24. The first-order chi connectivity index (χ1) is 28.5. The van der Waals surface area contributed by atoms with Crippen LogP contribution in [-0.4, -0.2) is 94.4 Å². The maximum Gasteiger partial charge on any atom is 0.358 e. The smallest absolute Gasteiger partial charge is 0.358 e. The summed E-state index contributed by atoms with van der Waals surface area (Å²) >= 11 is 12.2. The van der Waals surface area contributed by atoms with Gasteiger partial charge in [0, 0.05) is 64.0 Å². The Morgan fingerprint density at radius 1 is 0.678 bits per heavy atom. The van der Waals surface area contributed by atoms with Crippen LogP contribution in [0.25, 0.3) is 4.85 Å². The topological polar surface area (TPSA) is 159 Å². The van der Waals surface area contributed by atoms with E-state index in [0.29, 0.717) is 23.1 Å². The molecule has 2 aromatic carbocycles. The van der Waals surface area contributed by atoms with Gasteiger partial charge in [-0.1, -0.05) is 18.2 Å². The van der Waals surface area contributed by atoms with E-state index in [1.54, 1.807) is 24.5 Å². The summed E-state index contributed by atoms with van der Waals surface area (Å²) in [5, 5.41) is 0.248. The number of esters is 2. The van der Waals surface area contributed by atoms with Crippen molar-refractivity contribution in [2.45, 2.75) is 37.9 Å². The number of anilines is 2. The predicted molar refractivity (Wildman–Crippen MR) is 220 cm³/mol. The Labute approximate surface area is 360 Å². The SMILES string of the molecule is COC(=O)c1cnc(Cl)cn1.COC(=O)c1cnc(N2CCC(Oc3cc(F)ccc3Br)CC2)cn1.[C-]#[N+]c1cnc(N2CCC(Oc3cc(F)ccc3Br)CC2)cn1. The van der Waals surface area contributed by atoms with Gasteiger partial charge in [0.1, 0.15) is 46.3 Å². The van der Waals surface area contributed by atoms with Crippen molar-refractivity contribution in [3.05, 3.63) is 122 Å². The van der Waals surface area contributed by atoms with Crippen molar-refractivity contribution in [1.82, 2.24) is 29.9 Å². The van der Waals surface area contributed by atoms with Crippen LogP contribution in [0.4, 0.5) is 26.2 Å². The molecule has 2 fully saturated rings. The predicted octanol–water partition coefficient (Wildman–Crippen LogP) is 8.11. The molecule has 0 aliphatic carbocycles. The highest BCUT2D eigenvalue weighted by molar-refractivity contribution is 9.10. The molecule has 0 bridgehead atoms. The molecular formula is C39H36Br2ClF2N9O6. The zero-order chi connectivity index (χ0) is 42.3. The minimum atomic E-state index is -0.519. The quantitative estimate of drug-likeness (QED) is 0.108. The average Bonchev–Trinajstić information content (AvgIpc) is 3.27. The van der Waals surface area contributed by atoms with Gasteiger partial charge in [-0.3, -0.25) is 0 Å². The van der Waals surface area contributed by atoms with E-state index in [1.165, 1.54) is 63.3 Å². The molecule has 0 unspecified atom stereocenters. The largest absolute Gasteiger partial charge is 0.489 e. The van der Waals surface area contributed by atoms with Crippen LogP contribution in [0.5, 0.6) is 11.5 Å². The van der Waals surface area contributed by atoms with E-state index >= 15 is 0 Å². The second kappa shape index (κ2) is 22.0. The molecule has 0 atom stereocenters. The Kier molecular flexibility index (Phi) is 16.6. The number of carbonyl (C=O) groups is 2. The zero-order valence-electron chi connectivity index (χ0n) is 31.6. The summed E-state index contributed by atoms with van der Waals surface area (Å²) in [7, 11) is 2.58. The van der Waals surface area contributed by atoms with E-state index in [4.69, 9.17) is 27.6 Å². The van der Waals surface area contributed by atoms with Crippen LogP contribution in [0, 0.1) is 18.2 Å². The van der Waals surface area contributed by atoms with E-state index < -0.39 is 11.9 Å². The Morgan fingerprint density at radius 3 is 1.49 bits per heavy atom. The Morgan fingerprint density at radius 2 is 1.12 bits per heavy atom. The summed E-state index contributed by atoms with van der Waals surface area (Å²) in [6.07, 6.45) is 11.9. The lowest BCUT2D eigenvalue weighted by Gasteiger charge is -2.32. The van der Waals surface area contributed by atoms with Crippen LogP contribution in [0.3, 0.4) is 0 Å². The Balaban J connectivity index is 0.000000180. The van der Waals surface area contributed by atoms with Gasteiger partial charge in [-0.2, -0.15) is 0 Å². The molecule has 5 aromatic rings. The van der Waals surface area contributed by atoms with Crippen molar-refractivity contribution in [1.29, 1.82) is 0 Å². The van der Waals surface area contributed by atoms with Gasteiger partial charge in [-0.15, -0.1) is 4.98 Å². The maximum atomic E-state index is 13.3. The monoisotopic (exact) mass is 957 g/mol. The van der Waals surface area contributed by atoms with Gasteiger partial charge in [-0.05, 0) is 56.1 Å². The molecule has 5 heterocycles. The minimum absolute atomic E-state index is 0.0108. The number of piperidine rings is 2. The molecule has 3 aromatic heterocycles. The Hall–Kier alpha value is -5.58. The standard InChI is InChI=1S/C17H17BrFN3O3.C16H14BrFN4O.C6H5ClN2O2/c1-24-17(23)14-9-21-16(10-20-14)22-6-4-12(5-7-22)25-15-8-11(19)2-3-13(15)18;1-19-15-9-21-16(10-20-15)22-6-4-12(5-7-22)23-14-8-11(18)2-3-13(14)17;1-11-6(10)4-2-9-5(7)3-8-4/h2-3,8-10,12H,4-7H2,1H3;2-3,8-10,12H,4-7H2;2-3H,1H3. The van der Waals surface area contributed by atoms with E-state index in [-0.39, 0.29) is 40.4 Å². The molecule has 0 radical (unpaired) electrons. The first kappa shape index (κ1) is 44.5. The second-order valence-corrected chi connectivity index (χ2v) is 14.7. The number of hydrogen-bond acceptors (Lipinski definition) is 14. The fourth-order valence-electron chi connectivity index (χ4n) is 5.65. The van der Waals surface area contributed by atoms with Gasteiger partial charge in [-0.25, -0.2) is 43.3 Å². The van der Waals surface area contributed by atoms with Gasteiger partial charge in [0.2, 0.25) is 0 Å². The number of benzene rings is 2. The lowest BCUT2D eigenvalue weighted by Crippen LogP contribution is -2.38. The number of hydrogen-bond donors (Lipinski definition) is 0. The van der Waals surface area contributed by atoms with Gasteiger partial charge in [0.05, 0.1) is 54.1 Å². The number of aromatic nitrogens is 6. The normalized spacial score (nSPS) is 14.1. The molecule has 15 nitrogen and oxygen atoms in total. The second-order valence-electron chi connectivity index (χ2n) is 12.6. The number of halogens is 5. The van der Waals surface area contributed by atoms with Crippen LogP contribution in [0.1, 0.15) is 46.7 Å². The molecule has 2 aliphatic rings. The van der Waals surface area contributed by atoms with Crippen LogP contribution < -0.4 is 19.3 Å². The van der Waals surface area contributed by atoms with E-state index in [1.807, 2.05) is 0 Å². The van der Waals surface area contributed by atoms with Gasteiger partial charge >= 0.3 is 11.9 Å². The van der Waals surface area contributed by atoms with Crippen molar-refractivity contribution in [2.75, 3.05) is 50.2 Å². The van der Waals surface area contributed by atoms with Gasteiger partial charge in [0.25, 0.3) is 5.82 Å². The zero-order valence-corrected chi connectivity index (χ0v) is 35.5. The van der Waals surface area contributed by atoms with Crippen LogP contribution in [0.15, 0.2) is 82.5 Å². The third-order valence-corrected chi connectivity index (χ3v) is 10.2. The molecule has 0 amide bonds. The van der Waals surface area contributed by atoms with Crippen molar-refractivity contribution >= 4 is 72.9 Å². The summed E-state index contributed by atoms with van der Waals surface area (Å²) < 4.78 is 48.9. The average molecular weight is 960 g/mol. The van der Waals surface area contributed by atoms with Gasteiger partial charge in [0.15, 0.2) is 23.4 Å². The molecule has 0 saturated carbocycles. The first-order valence-corrected chi connectivity index (χ1v) is 19.8. The molecule has 59 heavy (non-hydrogen) atoms. The van der Waals surface area contributed by atoms with E-state index in [2.05, 4.69) is 85.9 Å². The van der Waals surface area contributed by atoms with E-state index in [9.17, 15) is 18.4 Å². The Bertz CT molecular complexity index is 2210. The molecular weight excluding hydrogens is 924 g/mol. The summed E-state index contributed by atoms with van der Waals surface area (Å²) in [5.74, 6) is 1.16. The summed E-state index contributed by atoms with van der Waals surface area (Å²) in [6.45, 7) is 9.93. The third kappa shape index (κ3) is 13.2. The summed E-state index contributed by atoms with van der Waals surface area (Å²) in [5.41, 5.74) is 0.331. The van der Waals surface area contributed by atoms with Gasteiger partial charge < -0.3 is 33.6 Å². The molecule has 0 N–H and O–H groups in total. The number of methoxy groups -OCH3 is 2. The molecule has 308 valence electrons. The fraction of sp³-hybridized carbons (Fsp3) is 0.308. The number of carbonyl (C=O) groups excluding carboxylic acids is 2. The van der Waals surface area contributed by atoms with Crippen molar-refractivity contribution in [2.24, 2.45) is 0 Å². The van der Waals surface area contributed by atoms with Crippen LogP contribution >= 0.6 is 43.5 Å². The molecule has 2 aliphatic heterocycles. The maximum absolute atomic E-state index is 13.3. The van der Waals surface area contributed by atoms with E-state index in [0.717, 1.165) is 66.6 Å². The minimum Gasteiger partial charge on any atom is -0.489 e. The molecule has 7 rings (SSSR count). The van der Waals surface area contributed by atoms with Crippen molar-refractivity contribution in [3.8, 4) is 11.5 Å². The van der Waals surface area contributed by atoms with Crippen molar-refractivity contribution in [3.63, 3.8) is 0 Å². The van der Waals surface area contributed by atoms with Crippen molar-refractivity contribution < 1.29 is 37.3 Å². The highest BCUT2D eigenvalue weighted by atomic mass is 79.9. The molecule has 2 saturated heterocycles. The lowest BCUT2D eigenvalue weighted by atomic mass is 10.1. The highest BCUT2D eigenvalue weighted by Crippen LogP contribution is 2.30. The number of nitrogens with zero attached hydrogens (tertiary/aromatic N) is 9. The summed E-state index contributed by atoms with van der Waals surface area (Å²) in [6, 6.07) is 8.84. The molecule has 0 spiro atoms. The van der Waals surface area contributed by atoms with Crippen LogP contribution in [-0.2, 0) is 9.47 Å².